The van der Waals surface area contributed by atoms with Crippen molar-refractivity contribution in [1.29, 1.82) is 0 Å². The van der Waals surface area contributed by atoms with Gasteiger partial charge in [-0.05, 0) is 12.1 Å². The lowest BCUT2D eigenvalue weighted by atomic mass is 10.1. The second-order valence-corrected chi connectivity index (χ2v) is 7.10. The Morgan fingerprint density at radius 2 is 2.12 bits per heavy atom. The molecule has 1 atom stereocenters. The summed E-state index contributed by atoms with van der Waals surface area (Å²) in [6.45, 7) is 3.97. The van der Waals surface area contributed by atoms with Crippen LogP contribution in [0.3, 0.4) is 0 Å². The molecule has 2 amide bonds. The molecule has 1 fully saturated rings. The van der Waals surface area contributed by atoms with Gasteiger partial charge in [-0.15, -0.1) is 10.2 Å². The van der Waals surface area contributed by atoms with Crippen molar-refractivity contribution >= 4 is 34.0 Å². The van der Waals surface area contributed by atoms with E-state index in [1.165, 1.54) is 22.3 Å². The zero-order valence-electron chi connectivity index (χ0n) is 13.6. The minimum Gasteiger partial charge on any atom is -0.309 e. The highest BCUT2D eigenvalue weighted by Crippen LogP contribution is 2.29. The Morgan fingerprint density at radius 3 is 2.76 bits per heavy atom. The number of amides is 2. The third-order valence-electron chi connectivity index (χ3n) is 3.86. The summed E-state index contributed by atoms with van der Waals surface area (Å²) in [6.07, 6.45) is -0.0432. The molecule has 25 heavy (non-hydrogen) atoms. The molecule has 1 aromatic heterocycles. The fraction of sp³-hybridized carbons (Fsp3) is 0.375. The van der Waals surface area contributed by atoms with Crippen LogP contribution in [0.25, 0.3) is 0 Å². The van der Waals surface area contributed by atoms with Gasteiger partial charge in [0.05, 0.1) is 11.6 Å². The highest BCUT2D eigenvalue weighted by atomic mass is 32.1. The van der Waals surface area contributed by atoms with Crippen molar-refractivity contribution < 1.29 is 18.4 Å². The van der Waals surface area contributed by atoms with Crippen molar-refractivity contribution in [3.63, 3.8) is 0 Å². The van der Waals surface area contributed by atoms with Gasteiger partial charge >= 0.3 is 0 Å². The number of hydrogen-bond acceptors (Lipinski definition) is 5. The number of hydrogen-bond donors (Lipinski definition) is 1. The first kappa shape index (κ1) is 17.4. The molecule has 1 aliphatic heterocycles. The van der Waals surface area contributed by atoms with Crippen LogP contribution < -0.4 is 10.2 Å². The van der Waals surface area contributed by atoms with E-state index in [0.29, 0.717) is 11.2 Å². The van der Waals surface area contributed by atoms with Crippen molar-refractivity contribution in [2.45, 2.75) is 26.2 Å². The van der Waals surface area contributed by atoms with Crippen LogP contribution in [-0.2, 0) is 9.59 Å². The molecule has 0 spiro atoms. The molecule has 0 radical (unpaired) electrons. The molecule has 132 valence electrons. The van der Waals surface area contributed by atoms with Crippen LogP contribution in [0.1, 0.15) is 31.2 Å². The lowest BCUT2D eigenvalue weighted by Gasteiger charge is -2.17. The van der Waals surface area contributed by atoms with Gasteiger partial charge < -0.3 is 10.2 Å². The lowest BCUT2D eigenvalue weighted by molar-refractivity contribution is -0.122. The fourth-order valence-electron chi connectivity index (χ4n) is 2.54. The molecule has 1 N–H and O–H groups in total. The first-order chi connectivity index (χ1) is 11.8. The van der Waals surface area contributed by atoms with Gasteiger partial charge in [0.1, 0.15) is 16.6 Å². The monoisotopic (exact) mass is 366 g/mol. The molecule has 1 saturated heterocycles. The maximum absolute atomic E-state index is 13.9. The van der Waals surface area contributed by atoms with E-state index in [9.17, 15) is 18.4 Å². The summed E-state index contributed by atoms with van der Waals surface area (Å²) in [5, 5.41) is 11.7. The van der Waals surface area contributed by atoms with Gasteiger partial charge in [-0.3, -0.25) is 9.59 Å². The Kier molecular flexibility index (Phi) is 4.76. The highest BCUT2D eigenvalue weighted by Gasteiger charge is 2.36. The number of halogens is 2. The third-order valence-corrected chi connectivity index (χ3v) is 5.00. The third kappa shape index (κ3) is 3.65. The smallest absolute Gasteiger partial charge is 0.231 e. The number of nitrogens with one attached hydrogen (secondary N) is 1. The molecule has 9 heteroatoms. The van der Waals surface area contributed by atoms with Crippen LogP contribution in [0.4, 0.5) is 19.6 Å². The number of aromatic nitrogens is 2. The Labute approximate surface area is 146 Å². The largest absolute Gasteiger partial charge is 0.309 e. The first-order valence-electron chi connectivity index (χ1n) is 7.75. The van der Waals surface area contributed by atoms with Crippen LogP contribution in [0.5, 0.6) is 0 Å². The van der Waals surface area contributed by atoms with Crippen LogP contribution >= 0.6 is 11.3 Å². The summed E-state index contributed by atoms with van der Waals surface area (Å²) in [5.41, 5.74) is -0.0280. The maximum atomic E-state index is 13.9. The summed E-state index contributed by atoms with van der Waals surface area (Å²) in [4.78, 5) is 25.6. The average Bonchev–Trinajstić information content (AvgIpc) is 3.14. The van der Waals surface area contributed by atoms with Crippen molar-refractivity contribution in [2.24, 2.45) is 5.92 Å². The van der Waals surface area contributed by atoms with Crippen molar-refractivity contribution in [2.75, 3.05) is 16.8 Å². The number of nitrogens with zero attached hydrogens (tertiary/aromatic N) is 3. The van der Waals surface area contributed by atoms with E-state index in [0.717, 1.165) is 11.1 Å². The SMILES string of the molecule is CC(C)c1nnc(NC(=O)C2CC(=O)N(c3ccc(F)cc3F)C2)s1. The Hall–Kier alpha value is -2.42. The quantitative estimate of drug-likeness (QED) is 0.903. The van der Waals surface area contributed by atoms with Gasteiger partial charge in [-0.2, -0.15) is 0 Å². The van der Waals surface area contributed by atoms with Gasteiger partial charge in [0.2, 0.25) is 16.9 Å². The number of anilines is 2. The molecule has 0 aliphatic carbocycles. The van der Waals surface area contributed by atoms with E-state index in [2.05, 4.69) is 15.5 Å². The van der Waals surface area contributed by atoms with Gasteiger partial charge in [0.15, 0.2) is 0 Å². The molecule has 2 aromatic rings. The van der Waals surface area contributed by atoms with E-state index in [-0.39, 0.29) is 36.4 Å². The maximum Gasteiger partial charge on any atom is 0.231 e. The predicted octanol–water partition coefficient (Wildman–Crippen LogP) is 2.93. The predicted molar refractivity (Wildman–Crippen MR) is 89.4 cm³/mol. The molecular formula is C16H16F2N4O2S. The Balaban J connectivity index is 1.69. The van der Waals surface area contributed by atoms with Gasteiger partial charge in [-0.25, -0.2) is 8.78 Å². The van der Waals surface area contributed by atoms with E-state index >= 15 is 0 Å². The van der Waals surface area contributed by atoms with Crippen LogP contribution in [0, 0.1) is 17.6 Å². The molecule has 0 bridgehead atoms. The van der Waals surface area contributed by atoms with E-state index in [1.54, 1.807) is 0 Å². The summed E-state index contributed by atoms with van der Waals surface area (Å²) in [7, 11) is 0. The number of carbonyl (C=O) groups is 2. The van der Waals surface area contributed by atoms with Gasteiger partial charge in [-0.1, -0.05) is 25.2 Å². The minimum absolute atomic E-state index is 0.0280. The second kappa shape index (κ2) is 6.83. The zero-order valence-corrected chi connectivity index (χ0v) is 14.4. The van der Waals surface area contributed by atoms with E-state index in [4.69, 9.17) is 0 Å². The number of benzene rings is 1. The highest BCUT2D eigenvalue weighted by molar-refractivity contribution is 7.15. The van der Waals surface area contributed by atoms with Gasteiger partial charge in [0, 0.05) is 24.9 Å². The molecule has 1 aromatic carbocycles. The van der Waals surface area contributed by atoms with Crippen molar-refractivity contribution in [3.8, 4) is 0 Å². The summed E-state index contributed by atoms with van der Waals surface area (Å²) in [6, 6.07) is 2.99. The fourth-order valence-corrected chi connectivity index (χ4v) is 3.29. The standard InChI is InChI=1S/C16H16F2N4O2S/c1-8(2)15-20-21-16(25-15)19-14(24)9-5-13(23)22(7-9)12-4-3-10(17)6-11(12)18/h3-4,6,8-9H,5,7H2,1-2H3,(H,19,21,24). The molecule has 0 saturated carbocycles. The van der Waals surface area contributed by atoms with E-state index in [1.807, 2.05) is 13.8 Å². The molecule has 6 nitrogen and oxygen atoms in total. The van der Waals surface area contributed by atoms with Crippen LogP contribution in [0.15, 0.2) is 18.2 Å². The summed E-state index contributed by atoms with van der Waals surface area (Å²) >= 11 is 1.28. The Bertz CT molecular complexity index is 824. The minimum atomic E-state index is -0.833. The zero-order chi connectivity index (χ0) is 18.1. The first-order valence-corrected chi connectivity index (χ1v) is 8.56. The molecule has 3 rings (SSSR count). The molecule has 1 unspecified atom stereocenters. The van der Waals surface area contributed by atoms with Crippen LogP contribution in [-0.4, -0.2) is 28.6 Å². The topological polar surface area (TPSA) is 75.2 Å². The molecular weight excluding hydrogens is 350 g/mol. The average molecular weight is 366 g/mol. The van der Waals surface area contributed by atoms with Crippen molar-refractivity contribution in [1.82, 2.24) is 10.2 Å². The second-order valence-electron chi connectivity index (χ2n) is 6.09. The van der Waals surface area contributed by atoms with Crippen molar-refractivity contribution in [3.05, 3.63) is 34.8 Å². The Morgan fingerprint density at radius 1 is 1.36 bits per heavy atom. The summed E-state index contributed by atoms with van der Waals surface area (Å²) < 4.78 is 26.9. The summed E-state index contributed by atoms with van der Waals surface area (Å²) in [5.74, 6) is -2.74. The van der Waals surface area contributed by atoms with Gasteiger partial charge in [0.25, 0.3) is 0 Å². The molecule has 1 aliphatic rings. The van der Waals surface area contributed by atoms with Crippen LogP contribution in [0.2, 0.25) is 0 Å². The molecule has 2 heterocycles. The lowest BCUT2D eigenvalue weighted by Crippen LogP contribution is -2.28. The van der Waals surface area contributed by atoms with E-state index < -0.39 is 17.6 Å². The normalized spacial score (nSPS) is 17.4. The number of rotatable bonds is 4. The number of carbonyl (C=O) groups excluding carboxylic acids is 2.